The largest absolute Gasteiger partial charge is 0.494 e. The van der Waals surface area contributed by atoms with Crippen molar-refractivity contribution in [1.29, 1.82) is 0 Å². The third-order valence-electron chi connectivity index (χ3n) is 4.77. The molecule has 0 spiro atoms. The third kappa shape index (κ3) is 3.94. The molecule has 5 nitrogen and oxygen atoms in total. The Bertz CT molecular complexity index is 1180. The van der Waals surface area contributed by atoms with Gasteiger partial charge in [-0.25, -0.2) is 14.4 Å². The number of rotatable bonds is 6. The minimum atomic E-state index is -0.288. The van der Waals surface area contributed by atoms with Crippen molar-refractivity contribution in [2.45, 2.75) is 13.8 Å². The summed E-state index contributed by atoms with van der Waals surface area (Å²) >= 11 is 0. The van der Waals surface area contributed by atoms with E-state index in [1.54, 1.807) is 31.6 Å². The fourth-order valence-electron chi connectivity index (χ4n) is 3.27. The molecule has 0 saturated carbocycles. The van der Waals surface area contributed by atoms with Gasteiger partial charge in [-0.3, -0.25) is 4.98 Å². The van der Waals surface area contributed by atoms with Crippen LogP contribution < -0.4 is 10.1 Å². The first kappa shape index (κ1) is 19.8. The van der Waals surface area contributed by atoms with Gasteiger partial charge < -0.3 is 10.1 Å². The van der Waals surface area contributed by atoms with Gasteiger partial charge in [-0.15, -0.1) is 0 Å². The van der Waals surface area contributed by atoms with Crippen LogP contribution in [0.2, 0.25) is 0 Å². The molecule has 0 atom stereocenters. The van der Waals surface area contributed by atoms with Gasteiger partial charge >= 0.3 is 0 Å². The molecule has 2 heterocycles. The Morgan fingerprint density at radius 1 is 1.03 bits per heavy atom. The molecule has 1 N–H and O–H groups in total. The number of benzene rings is 2. The smallest absolute Gasteiger partial charge is 0.163 e. The molecule has 2 aromatic heterocycles. The van der Waals surface area contributed by atoms with Crippen molar-refractivity contribution < 1.29 is 9.13 Å². The van der Waals surface area contributed by atoms with Crippen LogP contribution in [0.15, 0.2) is 60.9 Å². The summed E-state index contributed by atoms with van der Waals surface area (Å²) in [6, 6.07) is 14.2. The van der Waals surface area contributed by atoms with Crippen molar-refractivity contribution in [3.63, 3.8) is 0 Å². The molecule has 4 rings (SSSR count). The number of methoxy groups -OCH3 is 1. The molecular formula is C24H23FN4O. The highest BCUT2D eigenvalue weighted by Gasteiger charge is 2.17. The van der Waals surface area contributed by atoms with Gasteiger partial charge in [-0.05, 0) is 41.8 Å². The number of anilines is 1. The molecule has 2 aromatic carbocycles. The Morgan fingerprint density at radius 3 is 2.57 bits per heavy atom. The van der Waals surface area contributed by atoms with Crippen molar-refractivity contribution in [2.75, 3.05) is 19.0 Å². The van der Waals surface area contributed by atoms with Crippen LogP contribution in [0.25, 0.3) is 33.4 Å². The monoisotopic (exact) mass is 402 g/mol. The Kier molecular flexibility index (Phi) is 5.57. The predicted octanol–water partition coefficient (Wildman–Crippen LogP) is 5.57. The van der Waals surface area contributed by atoms with Gasteiger partial charge in [0.15, 0.2) is 5.82 Å². The van der Waals surface area contributed by atoms with Crippen LogP contribution in [0.1, 0.15) is 13.8 Å². The second-order valence-corrected chi connectivity index (χ2v) is 7.47. The molecule has 6 heteroatoms. The topological polar surface area (TPSA) is 59.9 Å². The third-order valence-corrected chi connectivity index (χ3v) is 4.77. The average Bonchev–Trinajstić information content (AvgIpc) is 2.77. The molecule has 0 fully saturated rings. The summed E-state index contributed by atoms with van der Waals surface area (Å²) in [5.41, 5.74) is 2.69. The average molecular weight is 402 g/mol. The van der Waals surface area contributed by atoms with Gasteiger partial charge in [0, 0.05) is 35.5 Å². The van der Waals surface area contributed by atoms with Crippen molar-refractivity contribution in [3.05, 3.63) is 66.7 Å². The number of fused-ring (bicyclic) bond motifs is 1. The molecule has 0 radical (unpaired) electrons. The number of hydrogen-bond donors (Lipinski definition) is 1. The molecule has 0 aliphatic rings. The number of nitrogens with zero attached hydrogens (tertiary/aromatic N) is 3. The van der Waals surface area contributed by atoms with Gasteiger partial charge in [0.25, 0.3) is 0 Å². The molecule has 0 bridgehead atoms. The van der Waals surface area contributed by atoms with Crippen LogP contribution in [-0.4, -0.2) is 28.6 Å². The summed E-state index contributed by atoms with van der Waals surface area (Å²) in [7, 11) is 1.59. The highest BCUT2D eigenvalue weighted by molar-refractivity contribution is 5.97. The first-order valence-electron chi connectivity index (χ1n) is 9.85. The van der Waals surface area contributed by atoms with E-state index < -0.39 is 0 Å². The van der Waals surface area contributed by atoms with Gasteiger partial charge in [-0.1, -0.05) is 32.0 Å². The fourth-order valence-corrected chi connectivity index (χ4v) is 3.27. The SMILES string of the molecule is COc1cc(-c2ccccc2F)cc2c(NCC(C)C)nc(-c3cccnc3)nc12. The van der Waals surface area contributed by atoms with E-state index in [-0.39, 0.29) is 5.82 Å². The number of nitrogens with one attached hydrogen (secondary N) is 1. The Labute approximate surface area is 175 Å². The maximum absolute atomic E-state index is 14.5. The lowest BCUT2D eigenvalue weighted by Crippen LogP contribution is -2.11. The van der Waals surface area contributed by atoms with Crippen molar-refractivity contribution in [2.24, 2.45) is 5.92 Å². The van der Waals surface area contributed by atoms with E-state index >= 15 is 0 Å². The van der Waals surface area contributed by atoms with Crippen LogP contribution in [0.4, 0.5) is 10.2 Å². The van der Waals surface area contributed by atoms with E-state index in [1.165, 1.54) is 6.07 Å². The summed E-state index contributed by atoms with van der Waals surface area (Å²) in [6.07, 6.45) is 3.44. The quantitative estimate of drug-likeness (QED) is 0.457. The van der Waals surface area contributed by atoms with Gasteiger partial charge in [0.2, 0.25) is 0 Å². The number of halogens is 1. The van der Waals surface area contributed by atoms with Crippen LogP contribution in [0.5, 0.6) is 5.75 Å². The van der Waals surface area contributed by atoms with E-state index in [1.807, 2.05) is 30.3 Å². The number of hydrogen-bond acceptors (Lipinski definition) is 5. The second kappa shape index (κ2) is 8.45. The molecule has 4 aromatic rings. The van der Waals surface area contributed by atoms with E-state index in [4.69, 9.17) is 14.7 Å². The summed E-state index contributed by atoms with van der Waals surface area (Å²) in [5, 5.41) is 4.20. The molecule has 0 saturated heterocycles. The summed E-state index contributed by atoms with van der Waals surface area (Å²) in [5.74, 6) is 1.94. The Balaban J connectivity index is 1.97. The van der Waals surface area contributed by atoms with Crippen molar-refractivity contribution in [3.8, 4) is 28.3 Å². The zero-order valence-electron chi connectivity index (χ0n) is 17.2. The first-order chi connectivity index (χ1) is 14.6. The lowest BCUT2D eigenvalue weighted by atomic mass is 10.0. The maximum atomic E-state index is 14.5. The highest BCUT2D eigenvalue weighted by atomic mass is 19.1. The summed E-state index contributed by atoms with van der Waals surface area (Å²) < 4.78 is 20.1. The molecule has 0 aliphatic heterocycles. The van der Waals surface area contributed by atoms with E-state index in [9.17, 15) is 4.39 Å². The number of pyridine rings is 1. The van der Waals surface area contributed by atoms with Crippen molar-refractivity contribution in [1.82, 2.24) is 15.0 Å². The summed E-state index contributed by atoms with van der Waals surface area (Å²) in [6.45, 7) is 5.00. The van der Waals surface area contributed by atoms with Crippen molar-refractivity contribution >= 4 is 16.7 Å². The standard InChI is InChI=1S/C24H23FN4O/c1-15(2)13-27-24-19-11-17(18-8-4-5-9-20(18)25)12-21(30-3)22(19)28-23(29-24)16-7-6-10-26-14-16/h4-12,14-15H,13H2,1-3H3,(H,27,28,29). The highest BCUT2D eigenvalue weighted by Crippen LogP contribution is 2.36. The lowest BCUT2D eigenvalue weighted by Gasteiger charge is -2.16. The Hall–Kier alpha value is -3.54. The van der Waals surface area contributed by atoms with Gasteiger partial charge in [0.1, 0.15) is 22.9 Å². The number of ether oxygens (including phenoxy) is 1. The van der Waals surface area contributed by atoms with E-state index in [2.05, 4.69) is 24.1 Å². The van der Waals surface area contributed by atoms with Crippen LogP contribution in [0.3, 0.4) is 0 Å². The van der Waals surface area contributed by atoms with Crippen LogP contribution in [0, 0.1) is 11.7 Å². The van der Waals surface area contributed by atoms with E-state index in [0.717, 1.165) is 17.5 Å². The maximum Gasteiger partial charge on any atom is 0.163 e. The minimum Gasteiger partial charge on any atom is -0.494 e. The Morgan fingerprint density at radius 2 is 1.87 bits per heavy atom. The molecule has 152 valence electrons. The van der Waals surface area contributed by atoms with Crippen LogP contribution in [-0.2, 0) is 0 Å². The molecule has 30 heavy (non-hydrogen) atoms. The minimum absolute atomic E-state index is 0.288. The predicted molar refractivity (Wildman–Crippen MR) is 118 cm³/mol. The zero-order chi connectivity index (χ0) is 21.1. The zero-order valence-corrected chi connectivity index (χ0v) is 17.2. The number of aromatic nitrogens is 3. The normalized spacial score (nSPS) is 11.1. The van der Waals surface area contributed by atoms with Gasteiger partial charge in [-0.2, -0.15) is 0 Å². The summed E-state index contributed by atoms with van der Waals surface area (Å²) in [4.78, 5) is 13.7. The first-order valence-corrected chi connectivity index (χ1v) is 9.85. The second-order valence-electron chi connectivity index (χ2n) is 7.47. The van der Waals surface area contributed by atoms with E-state index in [0.29, 0.717) is 40.0 Å². The molecule has 0 amide bonds. The molecule has 0 aliphatic carbocycles. The molecular weight excluding hydrogens is 379 g/mol. The molecule has 0 unspecified atom stereocenters. The van der Waals surface area contributed by atoms with Crippen LogP contribution >= 0.6 is 0 Å². The fraction of sp³-hybridized carbons (Fsp3) is 0.208. The lowest BCUT2D eigenvalue weighted by molar-refractivity contribution is 0.419. The van der Waals surface area contributed by atoms with Gasteiger partial charge in [0.05, 0.1) is 7.11 Å².